The van der Waals surface area contributed by atoms with Gasteiger partial charge in [-0.15, -0.1) is 0 Å². The molecule has 0 spiro atoms. The molecule has 0 radical (unpaired) electrons. The van der Waals surface area contributed by atoms with Gasteiger partial charge in [-0.1, -0.05) is 30.3 Å². The molecule has 2 aromatic rings. The molecule has 0 aliphatic heterocycles. The van der Waals surface area contributed by atoms with E-state index in [-0.39, 0.29) is 10.5 Å². The summed E-state index contributed by atoms with van der Waals surface area (Å²) in [6.07, 6.45) is 0. The summed E-state index contributed by atoms with van der Waals surface area (Å²) in [4.78, 5) is 11.8. The summed E-state index contributed by atoms with van der Waals surface area (Å²) < 4.78 is 37.4. The van der Waals surface area contributed by atoms with Gasteiger partial charge < -0.3 is 9.47 Å². The summed E-state index contributed by atoms with van der Waals surface area (Å²) in [5.74, 6) is -0.101. The Balaban J connectivity index is 2.48. The summed E-state index contributed by atoms with van der Waals surface area (Å²) in [6, 6.07) is 12.7. The quantitative estimate of drug-likeness (QED) is 0.738. The highest BCUT2D eigenvalue weighted by Crippen LogP contribution is 2.32. The molecule has 0 heterocycles. The van der Waals surface area contributed by atoms with Crippen LogP contribution in [0.4, 0.5) is 0 Å². The number of esters is 1. The average Bonchev–Trinajstić information content (AvgIpc) is 2.65. The average molecular weight is 363 g/mol. The molecule has 2 aromatic carbocycles. The minimum atomic E-state index is -3.92. The molecule has 6 nitrogen and oxygen atoms in total. The lowest BCUT2D eigenvalue weighted by molar-refractivity contribution is 0.0596. The second-order valence-electron chi connectivity index (χ2n) is 5.43. The van der Waals surface area contributed by atoms with Crippen LogP contribution in [-0.4, -0.2) is 40.0 Å². The van der Waals surface area contributed by atoms with E-state index in [0.29, 0.717) is 5.75 Å². The van der Waals surface area contributed by atoms with E-state index < -0.39 is 22.0 Å². The monoisotopic (exact) mass is 363 g/mol. The van der Waals surface area contributed by atoms with Crippen LogP contribution in [0.2, 0.25) is 0 Å². The van der Waals surface area contributed by atoms with Crippen molar-refractivity contribution < 1.29 is 22.7 Å². The summed E-state index contributed by atoms with van der Waals surface area (Å²) in [5, 5.41) is 0. The molecule has 0 amide bonds. The van der Waals surface area contributed by atoms with E-state index in [2.05, 4.69) is 0 Å². The van der Waals surface area contributed by atoms with Crippen LogP contribution in [0.1, 0.15) is 28.9 Å². The van der Waals surface area contributed by atoms with Crippen molar-refractivity contribution in [3.63, 3.8) is 0 Å². The van der Waals surface area contributed by atoms with Gasteiger partial charge in [-0.3, -0.25) is 0 Å². The van der Waals surface area contributed by atoms with Crippen molar-refractivity contribution >= 4 is 16.0 Å². The Morgan fingerprint density at radius 3 is 2.28 bits per heavy atom. The van der Waals surface area contributed by atoms with Gasteiger partial charge in [-0.2, -0.15) is 4.31 Å². The largest absolute Gasteiger partial charge is 0.496 e. The predicted molar refractivity (Wildman–Crippen MR) is 94.1 cm³/mol. The molecule has 0 aromatic heterocycles. The first kappa shape index (κ1) is 19.0. The Kier molecular flexibility index (Phi) is 5.81. The van der Waals surface area contributed by atoms with Gasteiger partial charge >= 0.3 is 5.97 Å². The van der Waals surface area contributed by atoms with Crippen LogP contribution in [0, 0.1) is 0 Å². The number of hydrogen-bond donors (Lipinski definition) is 0. The van der Waals surface area contributed by atoms with Crippen molar-refractivity contribution in [2.45, 2.75) is 17.9 Å². The highest BCUT2D eigenvalue weighted by Gasteiger charge is 2.31. The predicted octanol–water partition coefficient (Wildman–Crippen LogP) is 2.86. The highest BCUT2D eigenvalue weighted by atomic mass is 32.2. The van der Waals surface area contributed by atoms with Crippen LogP contribution in [-0.2, 0) is 14.8 Å². The molecule has 0 bridgehead atoms. The number of carbonyl (C=O) groups excluding carboxylic acids is 1. The molecule has 134 valence electrons. The lowest BCUT2D eigenvalue weighted by atomic mass is 10.1. The molecule has 0 aliphatic carbocycles. The topological polar surface area (TPSA) is 72.9 Å². The number of nitrogens with zero attached hydrogens (tertiary/aromatic N) is 1. The maximum absolute atomic E-state index is 13.1. The number of benzene rings is 2. The van der Waals surface area contributed by atoms with Crippen molar-refractivity contribution in [2.75, 3.05) is 21.3 Å². The first-order chi connectivity index (χ1) is 11.8. The van der Waals surface area contributed by atoms with Gasteiger partial charge in [-0.25, -0.2) is 13.2 Å². The maximum atomic E-state index is 13.1. The van der Waals surface area contributed by atoms with Gasteiger partial charge in [0.2, 0.25) is 10.0 Å². The van der Waals surface area contributed by atoms with E-state index in [1.54, 1.807) is 25.1 Å². The van der Waals surface area contributed by atoms with Crippen molar-refractivity contribution in [3.05, 3.63) is 59.7 Å². The summed E-state index contributed by atoms with van der Waals surface area (Å²) in [6.45, 7) is 1.76. The SMILES string of the molecule is COC(=O)c1ccccc1S(=O)(=O)N(C)C(C)c1ccccc1OC. The molecule has 0 N–H and O–H groups in total. The summed E-state index contributed by atoms with van der Waals surface area (Å²) in [7, 11) is 0.302. The lowest BCUT2D eigenvalue weighted by Gasteiger charge is -2.26. The zero-order valence-corrected chi connectivity index (χ0v) is 15.4. The van der Waals surface area contributed by atoms with E-state index >= 15 is 0 Å². The molecule has 7 heteroatoms. The fraction of sp³-hybridized carbons (Fsp3) is 0.278. The number of methoxy groups -OCH3 is 2. The van der Waals surface area contributed by atoms with Crippen molar-refractivity contribution in [1.29, 1.82) is 0 Å². The van der Waals surface area contributed by atoms with Crippen LogP contribution < -0.4 is 4.74 Å². The zero-order valence-electron chi connectivity index (χ0n) is 14.6. The highest BCUT2D eigenvalue weighted by molar-refractivity contribution is 7.89. The molecule has 0 saturated carbocycles. The standard InChI is InChI=1S/C18H21NO5S/c1-13(14-9-5-7-11-16(14)23-3)19(2)25(21,22)17-12-8-6-10-15(17)18(20)24-4/h5-13H,1-4H3. The van der Waals surface area contributed by atoms with E-state index in [1.807, 2.05) is 18.2 Å². The molecule has 0 saturated heterocycles. The lowest BCUT2D eigenvalue weighted by Crippen LogP contribution is -2.31. The molecular formula is C18H21NO5S. The van der Waals surface area contributed by atoms with Gasteiger partial charge in [0.1, 0.15) is 5.75 Å². The second kappa shape index (κ2) is 7.67. The number of hydrogen-bond acceptors (Lipinski definition) is 5. The number of carbonyl (C=O) groups is 1. The van der Waals surface area contributed by atoms with Crippen molar-refractivity contribution in [1.82, 2.24) is 4.31 Å². The van der Waals surface area contributed by atoms with Gasteiger partial charge in [0.05, 0.1) is 30.7 Å². The van der Waals surface area contributed by atoms with Crippen LogP contribution in [0.5, 0.6) is 5.75 Å². The molecular weight excluding hydrogens is 342 g/mol. The molecule has 0 fully saturated rings. The van der Waals surface area contributed by atoms with E-state index in [0.717, 1.165) is 5.56 Å². The number of para-hydroxylation sites is 1. The Morgan fingerprint density at radius 2 is 1.64 bits per heavy atom. The van der Waals surface area contributed by atoms with Crippen molar-refractivity contribution in [2.24, 2.45) is 0 Å². The van der Waals surface area contributed by atoms with E-state index in [1.165, 1.54) is 37.7 Å². The number of sulfonamides is 1. The van der Waals surface area contributed by atoms with E-state index in [4.69, 9.17) is 9.47 Å². The van der Waals surface area contributed by atoms with E-state index in [9.17, 15) is 13.2 Å². The van der Waals surface area contributed by atoms with Crippen LogP contribution in [0.15, 0.2) is 53.4 Å². The summed E-state index contributed by atoms with van der Waals surface area (Å²) in [5.41, 5.74) is 0.732. The second-order valence-corrected chi connectivity index (χ2v) is 7.39. The van der Waals surface area contributed by atoms with Gasteiger partial charge in [0.15, 0.2) is 0 Å². The molecule has 0 aliphatic rings. The third kappa shape index (κ3) is 3.67. The van der Waals surface area contributed by atoms with Crippen LogP contribution >= 0.6 is 0 Å². The third-order valence-electron chi connectivity index (χ3n) is 4.08. The Morgan fingerprint density at radius 1 is 1.04 bits per heavy atom. The normalized spacial score (nSPS) is 12.7. The zero-order chi connectivity index (χ0) is 18.6. The fourth-order valence-electron chi connectivity index (χ4n) is 2.54. The van der Waals surface area contributed by atoms with Gasteiger partial charge in [-0.05, 0) is 25.1 Å². The Hall–Kier alpha value is -2.38. The molecule has 25 heavy (non-hydrogen) atoms. The smallest absolute Gasteiger partial charge is 0.339 e. The third-order valence-corrected chi connectivity index (χ3v) is 6.07. The minimum Gasteiger partial charge on any atom is -0.496 e. The molecule has 1 atom stereocenters. The first-order valence-electron chi connectivity index (χ1n) is 7.63. The van der Waals surface area contributed by atoms with Crippen LogP contribution in [0.25, 0.3) is 0 Å². The van der Waals surface area contributed by atoms with Gasteiger partial charge in [0.25, 0.3) is 0 Å². The molecule has 1 unspecified atom stereocenters. The van der Waals surface area contributed by atoms with Crippen molar-refractivity contribution in [3.8, 4) is 5.75 Å². The van der Waals surface area contributed by atoms with Crippen LogP contribution in [0.3, 0.4) is 0 Å². The maximum Gasteiger partial charge on any atom is 0.339 e. The Labute approximate surface area is 148 Å². The first-order valence-corrected chi connectivity index (χ1v) is 9.07. The fourth-order valence-corrected chi connectivity index (χ4v) is 4.06. The van der Waals surface area contributed by atoms with Gasteiger partial charge in [0, 0.05) is 12.6 Å². The summed E-state index contributed by atoms with van der Waals surface area (Å²) >= 11 is 0. The number of rotatable bonds is 6. The molecule has 2 rings (SSSR count). The Bertz CT molecular complexity index is 863. The number of ether oxygens (including phenoxy) is 2. The minimum absolute atomic E-state index is 0.00377.